The van der Waals surface area contributed by atoms with Gasteiger partial charge in [0.2, 0.25) is 0 Å². The van der Waals surface area contributed by atoms with E-state index in [9.17, 15) is 15.3 Å². The van der Waals surface area contributed by atoms with E-state index in [1.807, 2.05) is 6.07 Å². The van der Waals surface area contributed by atoms with Gasteiger partial charge in [-0.1, -0.05) is 28.6 Å². The van der Waals surface area contributed by atoms with Gasteiger partial charge in [-0.05, 0) is 6.07 Å². The molecule has 0 spiro atoms. The number of thiazole rings is 1. The summed E-state index contributed by atoms with van der Waals surface area (Å²) < 4.78 is 7.05. The van der Waals surface area contributed by atoms with Crippen molar-refractivity contribution in [1.82, 2.24) is 25.0 Å². The van der Waals surface area contributed by atoms with E-state index in [1.165, 1.54) is 28.3 Å². The van der Waals surface area contributed by atoms with Crippen LogP contribution in [-0.2, 0) is 4.74 Å². The summed E-state index contributed by atoms with van der Waals surface area (Å²) in [6, 6.07) is 2.50. The Morgan fingerprint density at radius 1 is 1.33 bits per heavy atom. The number of rotatable bonds is 5. The molecule has 4 rings (SSSR count). The van der Waals surface area contributed by atoms with E-state index in [-0.39, 0.29) is 10.7 Å². The van der Waals surface area contributed by atoms with E-state index >= 15 is 0 Å². The molecule has 3 N–H and O–H groups in total. The molecule has 4 heterocycles. The van der Waals surface area contributed by atoms with Crippen molar-refractivity contribution in [3.8, 4) is 16.8 Å². The summed E-state index contributed by atoms with van der Waals surface area (Å²) in [5.74, 6) is 0. The number of aromatic nitrogens is 5. The molecule has 30 heavy (non-hydrogen) atoms. The lowest BCUT2D eigenvalue weighted by Crippen LogP contribution is -2.55. The third-order valence-corrected chi connectivity index (χ3v) is 6.69. The van der Waals surface area contributed by atoms with E-state index in [0.29, 0.717) is 15.6 Å². The highest BCUT2D eigenvalue weighted by atomic mass is 35.5. The molecular weight excluding hydrogens is 452 g/mol. The highest BCUT2D eigenvalue weighted by molar-refractivity contribution is 7.99. The van der Waals surface area contributed by atoms with E-state index in [4.69, 9.17) is 21.6 Å². The minimum Gasteiger partial charge on any atom is -0.394 e. The molecule has 3 aromatic heterocycles. The molecule has 3 unspecified atom stereocenters. The van der Waals surface area contributed by atoms with Gasteiger partial charge >= 0.3 is 0 Å². The number of hydrogen-bond donors (Lipinski definition) is 3. The van der Waals surface area contributed by atoms with Crippen molar-refractivity contribution in [2.75, 3.05) is 6.61 Å². The van der Waals surface area contributed by atoms with Gasteiger partial charge in [-0.25, -0.2) is 14.6 Å². The summed E-state index contributed by atoms with van der Waals surface area (Å²) in [4.78, 5) is 8.69. The molecule has 1 fully saturated rings. The van der Waals surface area contributed by atoms with Crippen LogP contribution in [0.3, 0.4) is 0 Å². The second-order valence-electron chi connectivity index (χ2n) is 6.35. The predicted octanol–water partition coefficient (Wildman–Crippen LogP) is 1.09. The number of ether oxygens (including phenoxy) is 1. The van der Waals surface area contributed by atoms with Crippen molar-refractivity contribution in [1.29, 1.82) is 5.26 Å². The standard InChI is InChI=1S/C17H15ClN6O4S2/c18-9-3-8(5-21-10(9)4-19)30-17-15(27)13(14(26)12(7-25)28-17)24-6-11(22-23-24)16-20-1-2-29-16/h1-3,5-6,12-15,17,25-27H,7H2/t12?,13?,14-,15?,17+/m0/s1. The minimum atomic E-state index is -1.23. The largest absolute Gasteiger partial charge is 0.394 e. The first kappa shape index (κ1) is 21.1. The number of thioether (sulfide) groups is 1. The first-order valence-electron chi connectivity index (χ1n) is 8.68. The van der Waals surface area contributed by atoms with Gasteiger partial charge in [-0.15, -0.1) is 16.4 Å². The highest BCUT2D eigenvalue weighted by Gasteiger charge is 2.46. The van der Waals surface area contributed by atoms with Gasteiger partial charge in [0.15, 0.2) is 5.69 Å². The van der Waals surface area contributed by atoms with Crippen molar-refractivity contribution >= 4 is 34.7 Å². The average molecular weight is 467 g/mol. The fraction of sp³-hybridized carbons (Fsp3) is 0.353. The fourth-order valence-electron chi connectivity index (χ4n) is 3.05. The fourth-order valence-corrected chi connectivity index (χ4v) is 4.98. The molecule has 0 saturated carbocycles. The summed E-state index contributed by atoms with van der Waals surface area (Å²) in [5.41, 5.74) is -0.275. The third-order valence-electron chi connectivity index (χ3n) is 4.49. The van der Waals surface area contributed by atoms with Crippen LogP contribution in [0.15, 0.2) is 34.9 Å². The van der Waals surface area contributed by atoms with Crippen LogP contribution in [0.1, 0.15) is 11.7 Å². The quantitative estimate of drug-likeness (QED) is 0.498. The smallest absolute Gasteiger partial charge is 0.159 e. The lowest BCUT2D eigenvalue weighted by atomic mass is 9.97. The number of hydrogen-bond acceptors (Lipinski definition) is 11. The van der Waals surface area contributed by atoms with Gasteiger partial charge in [0.25, 0.3) is 0 Å². The Labute approximate surface area is 183 Å². The van der Waals surface area contributed by atoms with Crippen LogP contribution in [0.25, 0.3) is 10.7 Å². The van der Waals surface area contributed by atoms with E-state index < -0.39 is 36.4 Å². The van der Waals surface area contributed by atoms with Gasteiger partial charge in [0.1, 0.15) is 46.6 Å². The Bertz CT molecular complexity index is 1060. The Morgan fingerprint density at radius 2 is 2.17 bits per heavy atom. The number of nitriles is 1. The van der Waals surface area contributed by atoms with E-state index in [0.717, 1.165) is 11.8 Å². The number of halogens is 1. The summed E-state index contributed by atoms with van der Waals surface area (Å²) in [6.45, 7) is -0.456. The molecular formula is C17H15ClN6O4S2. The summed E-state index contributed by atoms with van der Waals surface area (Å²) >= 11 is 8.52. The minimum absolute atomic E-state index is 0.0880. The first-order valence-corrected chi connectivity index (χ1v) is 10.8. The Morgan fingerprint density at radius 3 is 2.83 bits per heavy atom. The van der Waals surface area contributed by atoms with Crippen LogP contribution in [0.2, 0.25) is 5.02 Å². The predicted molar refractivity (Wildman–Crippen MR) is 108 cm³/mol. The summed E-state index contributed by atoms with van der Waals surface area (Å²) in [6.07, 6.45) is 1.28. The van der Waals surface area contributed by atoms with Gasteiger partial charge < -0.3 is 20.1 Å². The molecule has 0 aromatic carbocycles. The molecule has 10 nitrogen and oxygen atoms in total. The molecule has 1 saturated heterocycles. The van der Waals surface area contributed by atoms with Crippen LogP contribution in [-0.4, -0.2) is 70.6 Å². The van der Waals surface area contributed by atoms with Gasteiger partial charge in [-0.3, -0.25) is 0 Å². The second-order valence-corrected chi connectivity index (χ2v) is 8.82. The summed E-state index contributed by atoms with van der Waals surface area (Å²) in [5, 5.41) is 51.0. The molecule has 0 bridgehead atoms. The Hall–Kier alpha value is -2.11. The maximum absolute atomic E-state index is 10.9. The zero-order chi connectivity index (χ0) is 21.3. The Kier molecular flexibility index (Phi) is 6.30. The zero-order valence-corrected chi connectivity index (χ0v) is 17.5. The van der Waals surface area contributed by atoms with Crippen molar-refractivity contribution in [2.45, 2.75) is 34.7 Å². The molecule has 13 heteroatoms. The van der Waals surface area contributed by atoms with Crippen LogP contribution in [0.4, 0.5) is 0 Å². The van der Waals surface area contributed by atoms with Crippen LogP contribution in [0.5, 0.6) is 0 Å². The van der Waals surface area contributed by atoms with Crippen molar-refractivity contribution in [3.63, 3.8) is 0 Å². The Balaban J connectivity index is 1.60. The lowest BCUT2D eigenvalue weighted by molar-refractivity contribution is -0.178. The third kappa shape index (κ3) is 4.06. The van der Waals surface area contributed by atoms with Gasteiger partial charge in [0, 0.05) is 22.7 Å². The number of nitrogens with zero attached hydrogens (tertiary/aromatic N) is 6. The first-order chi connectivity index (χ1) is 14.5. The van der Waals surface area contributed by atoms with E-state index in [2.05, 4.69) is 20.3 Å². The number of pyridine rings is 1. The SMILES string of the molecule is N#Cc1ncc(S[C@H]2OC(CO)[C@H](O)C(n3cc(-c4nccs4)nn3)C2O)cc1Cl. The van der Waals surface area contributed by atoms with Crippen LogP contribution in [0, 0.1) is 11.3 Å². The van der Waals surface area contributed by atoms with E-state index in [1.54, 1.807) is 17.8 Å². The van der Waals surface area contributed by atoms with Crippen molar-refractivity contribution in [2.24, 2.45) is 0 Å². The monoisotopic (exact) mass is 466 g/mol. The number of aliphatic hydroxyl groups is 3. The molecule has 3 aromatic rings. The molecule has 1 aliphatic heterocycles. The van der Waals surface area contributed by atoms with Gasteiger partial charge in [0.05, 0.1) is 17.8 Å². The topological polar surface area (TPSA) is 150 Å². The second kappa shape index (κ2) is 8.94. The average Bonchev–Trinajstić information content (AvgIpc) is 3.42. The summed E-state index contributed by atoms with van der Waals surface area (Å²) in [7, 11) is 0. The molecule has 0 radical (unpaired) electrons. The molecule has 0 amide bonds. The van der Waals surface area contributed by atoms with Crippen LogP contribution < -0.4 is 0 Å². The zero-order valence-electron chi connectivity index (χ0n) is 15.1. The van der Waals surface area contributed by atoms with Crippen LogP contribution >= 0.6 is 34.7 Å². The lowest BCUT2D eigenvalue weighted by Gasteiger charge is -2.41. The maximum Gasteiger partial charge on any atom is 0.159 e. The van der Waals surface area contributed by atoms with Crippen molar-refractivity contribution in [3.05, 3.63) is 40.8 Å². The molecule has 156 valence electrons. The van der Waals surface area contributed by atoms with Crippen molar-refractivity contribution < 1.29 is 20.1 Å². The normalized spacial score (nSPS) is 26.4. The van der Waals surface area contributed by atoms with Gasteiger partial charge in [-0.2, -0.15) is 5.26 Å². The number of aliphatic hydroxyl groups excluding tert-OH is 3. The molecule has 5 atom stereocenters. The molecule has 0 aliphatic carbocycles. The highest BCUT2D eigenvalue weighted by Crippen LogP contribution is 2.38. The maximum atomic E-state index is 10.9. The molecule has 1 aliphatic rings.